The quantitative estimate of drug-likeness (QED) is 0.635. The van der Waals surface area contributed by atoms with Gasteiger partial charge in [0, 0.05) is 16.7 Å². The van der Waals surface area contributed by atoms with E-state index in [9.17, 15) is 9.59 Å². The predicted molar refractivity (Wildman–Crippen MR) is 81.3 cm³/mol. The fourth-order valence-electron chi connectivity index (χ4n) is 1.43. The number of amides is 1. The minimum absolute atomic E-state index is 0.300. The molecule has 0 saturated carbocycles. The summed E-state index contributed by atoms with van der Waals surface area (Å²) in [6.07, 6.45) is -0.852. The average molecular weight is 343 g/mol. The molecule has 1 aromatic rings. The topological polar surface area (TPSA) is 81.4 Å². The number of carbonyl (C=O) groups excluding carboxylic acids is 2. The van der Waals surface area contributed by atoms with E-state index in [0.29, 0.717) is 28.2 Å². The van der Waals surface area contributed by atoms with E-state index in [-0.39, 0.29) is 5.91 Å². The number of nitrogens with one attached hydrogen (secondary N) is 1. The number of anilines is 1. The highest BCUT2D eigenvalue weighted by Gasteiger charge is 2.20. The first-order chi connectivity index (χ1) is 9.31. The van der Waals surface area contributed by atoms with Crippen molar-refractivity contribution in [3.8, 4) is 0 Å². The molecular formula is C14H19BrN2O3. The lowest BCUT2D eigenvalue weighted by atomic mass is 10.2. The third-order valence-corrected chi connectivity index (χ3v) is 3.24. The van der Waals surface area contributed by atoms with Gasteiger partial charge in [-0.3, -0.25) is 4.79 Å². The molecule has 0 spiro atoms. The zero-order chi connectivity index (χ0) is 15.3. The fraction of sp³-hybridized carbons (Fsp3) is 0.429. The molecule has 0 aliphatic rings. The lowest BCUT2D eigenvalue weighted by Crippen LogP contribution is -2.37. The number of benzene rings is 1. The zero-order valence-corrected chi connectivity index (χ0v) is 13.4. The van der Waals surface area contributed by atoms with Gasteiger partial charge in [-0.2, -0.15) is 0 Å². The van der Waals surface area contributed by atoms with Gasteiger partial charge in [-0.25, -0.2) is 4.79 Å². The molecule has 6 heteroatoms. The van der Waals surface area contributed by atoms with Gasteiger partial charge in [-0.1, -0.05) is 13.8 Å². The van der Waals surface area contributed by atoms with Gasteiger partial charge in [-0.15, -0.1) is 0 Å². The van der Waals surface area contributed by atoms with Crippen molar-refractivity contribution in [2.45, 2.75) is 26.9 Å². The second kappa shape index (κ2) is 7.28. The number of ether oxygens (including phenoxy) is 1. The maximum Gasteiger partial charge on any atom is 0.340 e. The van der Waals surface area contributed by atoms with E-state index in [2.05, 4.69) is 21.2 Å². The third kappa shape index (κ3) is 4.85. The highest BCUT2D eigenvalue weighted by Crippen LogP contribution is 2.20. The number of esters is 1. The predicted octanol–water partition coefficient (Wildman–Crippen LogP) is 2.35. The van der Waals surface area contributed by atoms with E-state index < -0.39 is 12.1 Å². The molecule has 20 heavy (non-hydrogen) atoms. The summed E-state index contributed by atoms with van der Waals surface area (Å²) >= 11 is 3.25. The van der Waals surface area contributed by atoms with E-state index in [1.165, 1.54) is 13.0 Å². The monoisotopic (exact) mass is 342 g/mol. The lowest BCUT2D eigenvalue weighted by molar-refractivity contribution is -0.129. The number of nitrogens with two attached hydrogens (primary N) is 1. The number of carbonyl (C=O) groups is 2. The van der Waals surface area contributed by atoms with Crippen LogP contribution in [0.25, 0.3) is 0 Å². The van der Waals surface area contributed by atoms with Crippen LogP contribution < -0.4 is 11.1 Å². The van der Waals surface area contributed by atoms with Crippen molar-refractivity contribution < 1.29 is 14.3 Å². The van der Waals surface area contributed by atoms with Crippen LogP contribution in [0, 0.1) is 5.92 Å². The Morgan fingerprint density at radius 2 is 2.00 bits per heavy atom. The smallest absolute Gasteiger partial charge is 0.340 e. The van der Waals surface area contributed by atoms with Crippen molar-refractivity contribution in [1.29, 1.82) is 0 Å². The second-order valence-corrected chi connectivity index (χ2v) is 5.78. The standard InChI is InChI=1S/C14H19BrN2O3/c1-8(2)7-17-13(18)9(3)20-14(19)11-6-10(16)4-5-12(11)15/h4-6,8-9H,7,16H2,1-3H3,(H,17,18). The molecule has 3 N–H and O–H groups in total. The Bertz CT molecular complexity index is 503. The van der Waals surface area contributed by atoms with E-state index in [4.69, 9.17) is 10.5 Å². The molecule has 0 heterocycles. The van der Waals surface area contributed by atoms with Crippen LogP contribution in [0.15, 0.2) is 22.7 Å². The van der Waals surface area contributed by atoms with Crippen LogP contribution in [0.1, 0.15) is 31.1 Å². The van der Waals surface area contributed by atoms with Gasteiger partial charge in [0.05, 0.1) is 5.56 Å². The van der Waals surface area contributed by atoms with Crippen molar-refractivity contribution in [3.63, 3.8) is 0 Å². The van der Waals surface area contributed by atoms with Gasteiger partial charge in [0.25, 0.3) is 5.91 Å². The first-order valence-electron chi connectivity index (χ1n) is 6.35. The Morgan fingerprint density at radius 1 is 1.35 bits per heavy atom. The summed E-state index contributed by atoms with van der Waals surface area (Å²) < 4.78 is 5.71. The van der Waals surface area contributed by atoms with E-state index in [1.54, 1.807) is 12.1 Å². The van der Waals surface area contributed by atoms with Crippen molar-refractivity contribution in [2.75, 3.05) is 12.3 Å². The van der Waals surface area contributed by atoms with Crippen molar-refractivity contribution in [1.82, 2.24) is 5.32 Å². The molecule has 0 fully saturated rings. The average Bonchev–Trinajstić information content (AvgIpc) is 2.38. The fourth-order valence-corrected chi connectivity index (χ4v) is 1.83. The molecule has 0 aromatic heterocycles. The summed E-state index contributed by atoms with van der Waals surface area (Å²) in [6, 6.07) is 4.83. The van der Waals surface area contributed by atoms with Gasteiger partial charge in [-0.05, 0) is 47.0 Å². The maximum absolute atomic E-state index is 12.0. The van der Waals surface area contributed by atoms with Gasteiger partial charge in [0.1, 0.15) is 0 Å². The Kier molecular flexibility index (Phi) is 6.01. The number of hydrogen-bond donors (Lipinski definition) is 2. The molecule has 1 amide bonds. The summed E-state index contributed by atoms with van der Waals surface area (Å²) in [4.78, 5) is 23.7. The molecule has 0 saturated heterocycles. The van der Waals surface area contributed by atoms with E-state index >= 15 is 0 Å². The Labute approximate surface area is 127 Å². The molecule has 1 atom stereocenters. The number of rotatable bonds is 5. The van der Waals surface area contributed by atoms with E-state index in [0.717, 1.165) is 0 Å². The maximum atomic E-state index is 12.0. The molecule has 1 rings (SSSR count). The lowest BCUT2D eigenvalue weighted by Gasteiger charge is -2.15. The zero-order valence-electron chi connectivity index (χ0n) is 11.8. The Hall–Kier alpha value is -1.56. The molecule has 0 aliphatic heterocycles. The van der Waals surface area contributed by atoms with E-state index in [1.807, 2.05) is 13.8 Å². The van der Waals surface area contributed by atoms with Gasteiger partial charge in [0.15, 0.2) is 6.10 Å². The third-order valence-electron chi connectivity index (χ3n) is 2.55. The SMILES string of the molecule is CC(C)CNC(=O)C(C)OC(=O)c1cc(N)ccc1Br. The minimum Gasteiger partial charge on any atom is -0.449 e. The highest BCUT2D eigenvalue weighted by molar-refractivity contribution is 9.10. The van der Waals surface area contributed by atoms with Crippen LogP contribution >= 0.6 is 15.9 Å². The first-order valence-corrected chi connectivity index (χ1v) is 7.14. The van der Waals surface area contributed by atoms with Crippen LogP contribution in [-0.2, 0) is 9.53 Å². The minimum atomic E-state index is -0.852. The molecular weight excluding hydrogens is 324 g/mol. The Morgan fingerprint density at radius 3 is 2.60 bits per heavy atom. The summed E-state index contributed by atoms with van der Waals surface area (Å²) in [7, 11) is 0. The number of halogens is 1. The largest absolute Gasteiger partial charge is 0.449 e. The van der Waals surface area contributed by atoms with Crippen LogP contribution in [-0.4, -0.2) is 24.5 Å². The first kappa shape index (κ1) is 16.5. The number of hydrogen-bond acceptors (Lipinski definition) is 4. The summed E-state index contributed by atoms with van der Waals surface area (Å²) in [5.74, 6) is -0.562. The van der Waals surface area contributed by atoms with Crippen molar-refractivity contribution in [3.05, 3.63) is 28.2 Å². The van der Waals surface area contributed by atoms with Crippen LogP contribution in [0.5, 0.6) is 0 Å². The second-order valence-electron chi connectivity index (χ2n) is 4.93. The number of nitrogen functional groups attached to an aromatic ring is 1. The van der Waals surface area contributed by atoms with Gasteiger partial charge >= 0.3 is 5.97 Å². The van der Waals surface area contributed by atoms with Crippen molar-refractivity contribution in [2.24, 2.45) is 5.92 Å². The summed E-state index contributed by atoms with van der Waals surface area (Å²) in [5.41, 5.74) is 6.38. The summed E-state index contributed by atoms with van der Waals surface area (Å²) in [6.45, 7) is 6.05. The highest BCUT2D eigenvalue weighted by atomic mass is 79.9. The molecule has 110 valence electrons. The normalized spacial score (nSPS) is 12.1. The molecule has 0 bridgehead atoms. The van der Waals surface area contributed by atoms with Gasteiger partial charge < -0.3 is 15.8 Å². The van der Waals surface area contributed by atoms with Gasteiger partial charge in [0.2, 0.25) is 0 Å². The molecule has 1 aromatic carbocycles. The molecule has 5 nitrogen and oxygen atoms in total. The molecule has 0 aliphatic carbocycles. The molecule has 0 radical (unpaired) electrons. The van der Waals surface area contributed by atoms with Crippen LogP contribution in [0.2, 0.25) is 0 Å². The summed E-state index contributed by atoms with van der Waals surface area (Å²) in [5, 5.41) is 2.71. The Balaban J connectivity index is 2.65. The molecule has 1 unspecified atom stereocenters. The van der Waals surface area contributed by atoms with Crippen molar-refractivity contribution >= 4 is 33.5 Å². The van der Waals surface area contributed by atoms with Crippen LogP contribution in [0.4, 0.5) is 5.69 Å². The van der Waals surface area contributed by atoms with Crippen LogP contribution in [0.3, 0.4) is 0 Å².